The molecule has 0 atom stereocenters. The van der Waals surface area contributed by atoms with Crippen molar-refractivity contribution in [2.24, 2.45) is 4.99 Å². The van der Waals surface area contributed by atoms with Crippen LogP contribution in [0.25, 0.3) is 0 Å². The topological polar surface area (TPSA) is 119 Å². The van der Waals surface area contributed by atoms with Crippen LogP contribution in [0.15, 0.2) is 85.9 Å². The van der Waals surface area contributed by atoms with Crippen molar-refractivity contribution in [3.05, 3.63) is 99.1 Å². The van der Waals surface area contributed by atoms with E-state index in [-0.39, 0.29) is 12.1 Å². The number of furan rings is 1. The van der Waals surface area contributed by atoms with Crippen molar-refractivity contribution in [3.63, 3.8) is 0 Å². The van der Waals surface area contributed by atoms with Crippen molar-refractivity contribution in [3.8, 4) is 23.1 Å². The Balaban J connectivity index is 1.55. The molecule has 0 fully saturated rings. The minimum Gasteiger partial charge on any atom is -0.494 e. The second-order valence-electron chi connectivity index (χ2n) is 6.67. The Morgan fingerprint density at radius 3 is 2.50 bits per heavy atom. The number of aromatic hydroxyl groups is 1. The predicted octanol–water partition coefficient (Wildman–Crippen LogP) is 3.44. The van der Waals surface area contributed by atoms with Gasteiger partial charge in [-0.15, -0.1) is 0 Å². The largest absolute Gasteiger partial charge is 0.494 e. The summed E-state index contributed by atoms with van der Waals surface area (Å²) in [6, 6.07) is 17.4. The summed E-state index contributed by atoms with van der Waals surface area (Å²) in [6.45, 7) is -0.0374. The number of H-pyrrole nitrogens is 1. The third-order valence-corrected chi connectivity index (χ3v) is 4.58. The maximum absolute atomic E-state index is 12.2. The van der Waals surface area contributed by atoms with Crippen molar-refractivity contribution in [2.75, 3.05) is 7.11 Å². The fourth-order valence-electron chi connectivity index (χ4n) is 2.97. The van der Waals surface area contributed by atoms with E-state index in [0.717, 1.165) is 4.57 Å². The molecule has 0 aliphatic rings. The van der Waals surface area contributed by atoms with E-state index in [9.17, 15) is 14.7 Å². The van der Waals surface area contributed by atoms with Crippen LogP contribution in [0.3, 0.4) is 0 Å². The van der Waals surface area contributed by atoms with Crippen molar-refractivity contribution in [1.82, 2.24) is 9.55 Å². The summed E-state index contributed by atoms with van der Waals surface area (Å²) in [7, 11) is 1.56. The van der Waals surface area contributed by atoms with Gasteiger partial charge in [-0.05, 0) is 48.5 Å². The normalized spacial score (nSPS) is 11.0. The Morgan fingerprint density at radius 1 is 1.06 bits per heavy atom. The van der Waals surface area contributed by atoms with Crippen LogP contribution in [-0.4, -0.2) is 28.0 Å². The molecule has 0 saturated carbocycles. The molecule has 0 saturated heterocycles. The van der Waals surface area contributed by atoms with E-state index >= 15 is 0 Å². The molecule has 4 aromatic rings. The highest BCUT2D eigenvalue weighted by molar-refractivity contribution is 5.84. The first-order valence-electron chi connectivity index (χ1n) is 9.58. The molecule has 2 heterocycles. The molecule has 0 aliphatic heterocycles. The summed E-state index contributed by atoms with van der Waals surface area (Å²) in [5.41, 5.74) is -1.13. The lowest BCUT2D eigenvalue weighted by atomic mass is 10.3. The molecule has 0 bridgehead atoms. The van der Waals surface area contributed by atoms with E-state index in [1.165, 1.54) is 12.5 Å². The Morgan fingerprint density at radius 2 is 1.81 bits per heavy atom. The van der Waals surface area contributed by atoms with E-state index < -0.39 is 17.1 Å². The Labute approximate surface area is 181 Å². The number of methoxy groups -OCH3 is 1. The maximum Gasteiger partial charge on any atom is 0.331 e. The molecule has 9 nitrogen and oxygen atoms in total. The zero-order valence-electron chi connectivity index (χ0n) is 17.0. The van der Waals surface area contributed by atoms with Crippen molar-refractivity contribution in [1.29, 1.82) is 0 Å². The third kappa shape index (κ3) is 4.46. The van der Waals surface area contributed by atoms with Crippen molar-refractivity contribution >= 4 is 11.9 Å². The Bertz CT molecular complexity index is 1350. The molecular weight excluding hydrogens is 414 g/mol. The molecule has 0 aliphatic carbocycles. The number of ether oxygens (including phenoxy) is 2. The first-order valence-corrected chi connectivity index (χ1v) is 9.58. The quantitative estimate of drug-likeness (QED) is 0.431. The third-order valence-electron chi connectivity index (χ3n) is 4.58. The molecule has 0 unspecified atom stereocenters. The van der Waals surface area contributed by atoms with Crippen LogP contribution in [-0.2, 0) is 6.54 Å². The second-order valence-corrected chi connectivity index (χ2v) is 6.67. The summed E-state index contributed by atoms with van der Waals surface area (Å²) in [5, 5.41) is 10.5. The molecule has 0 amide bonds. The summed E-state index contributed by atoms with van der Waals surface area (Å²) in [6.07, 6.45) is 2.65. The van der Waals surface area contributed by atoms with E-state index in [0.29, 0.717) is 28.7 Å². The SMILES string of the molecule is COc1ccccc1Oc1ccc(N=Cc2c(O)n(Cc3ccco3)c(=O)[nH]c2=O)cc1. The van der Waals surface area contributed by atoms with Crippen LogP contribution < -0.4 is 20.7 Å². The lowest BCUT2D eigenvalue weighted by Gasteiger charge is -2.10. The minimum absolute atomic E-state index is 0.0374. The number of aromatic nitrogens is 2. The van der Waals surface area contributed by atoms with Gasteiger partial charge in [0.25, 0.3) is 5.56 Å². The minimum atomic E-state index is -0.751. The summed E-state index contributed by atoms with van der Waals surface area (Å²) < 4.78 is 17.3. The number of nitrogens with zero attached hydrogens (tertiary/aromatic N) is 2. The first kappa shape index (κ1) is 20.7. The van der Waals surface area contributed by atoms with Crippen LogP contribution in [0.4, 0.5) is 5.69 Å². The van der Waals surface area contributed by atoms with Gasteiger partial charge < -0.3 is 19.0 Å². The molecule has 2 N–H and O–H groups in total. The molecule has 2 aromatic heterocycles. The number of benzene rings is 2. The van der Waals surface area contributed by atoms with Crippen LogP contribution in [0.5, 0.6) is 23.1 Å². The fourth-order valence-corrected chi connectivity index (χ4v) is 2.97. The van der Waals surface area contributed by atoms with Gasteiger partial charge in [-0.25, -0.2) is 4.79 Å². The number of rotatable bonds is 7. The molecule has 0 spiro atoms. The number of aromatic amines is 1. The van der Waals surface area contributed by atoms with E-state index in [2.05, 4.69) is 9.98 Å². The number of hydrogen-bond acceptors (Lipinski definition) is 7. The number of hydrogen-bond donors (Lipinski definition) is 2. The highest BCUT2D eigenvalue weighted by atomic mass is 16.5. The van der Waals surface area contributed by atoms with E-state index in [1.54, 1.807) is 55.6 Å². The molecular formula is C23H19N3O6. The van der Waals surface area contributed by atoms with E-state index in [1.807, 2.05) is 12.1 Å². The van der Waals surface area contributed by atoms with Gasteiger partial charge >= 0.3 is 5.69 Å². The molecule has 9 heteroatoms. The van der Waals surface area contributed by atoms with Gasteiger partial charge in [-0.2, -0.15) is 0 Å². The summed E-state index contributed by atoms with van der Waals surface area (Å²) >= 11 is 0. The van der Waals surface area contributed by atoms with Crippen LogP contribution in [0.1, 0.15) is 11.3 Å². The number of para-hydroxylation sites is 2. The molecule has 0 radical (unpaired) electrons. The zero-order valence-corrected chi connectivity index (χ0v) is 17.0. The average Bonchev–Trinajstić information content (AvgIpc) is 3.31. The first-order chi connectivity index (χ1) is 15.5. The van der Waals surface area contributed by atoms with Crippen LogP contribution >= 0.6 is 0 Å². The highest BCUT2D eigenvalue weighted by Crippen LogP contribution is 2.31. The van der Waals surface area contributed by atoms with E-state index in [4.69, 9.17) is 13.9 Å². The lowest BCUT2D eigenvalue weighted by molar-refractivity contribution is 0.379. The van der Waals surface area contributed by atoms with Gasteiger partial charge in [0.05, 0.1) is 25.6 Å². The van der Waals surface area contributed by atoms with Gasteiger partial charge in [0, 0.05) is 6.21 Å². The van der Waals surface area contributed by atoms with Gasteiger partial charge in [-0.1, -0.05) is 12.1 Å². The van der Waals surface area contributed by atoms with Gasteiger partial charge in [0.15, 0.2) is 11.5 Å². The highest BCUT2D eigenvalue weighted by Gasteiger charge is 2.14. The molecule has 32 heavy (non-hydrogen) atoms. The van der Waals surface area contributed by atoms with Gasteiger partial charge in [-0.3, -0.25) is 19.3 Å². The van der Waals surface area contributed by atoms with Crippen LogP contribution in [0, 0.1) is 0 Å². The maximum atomic E-state index is 12.2. The van der Waals surface area contributed by atoms with Crippen molar-refractivity contribution in [2.45, 2.75) is 6.54 Å². The summed E-state index contributed by atoms with van der Waals surface area (Å²) in [4.78, 5) is 30.7. The lowest BCUT2D eigenvalue weighted by Crippen LogP contribution is -2.32. The van der Waals surface area contributed by atoms with Gasteiger partial charge in [0.2, 0.25) is 5.88 Å². The number of aliphatic imine (C=N–C) groups is 1. The molecule has 2 aromatic carbocycles. The number of nitrogens with one attached hydrogen (secondary N) is 1. The fraction of sp³-hybridized carbons (Fsp3) is 0.0870. The van der Waals surface area contributed by atoms with Gasteiger partial charge in [0.1, 0.15) is 17.1 Å². The Kier molecular flexibility index (Phi) is 5.89. The monoisotopic (exact) mass is 433 g/mol. The Hall–Kier alpha value is -4.53. The second kappa shape index (κ2) is 9.09. The van der Waals surface area contributed by atoms with Crippen LogP contribution in [0.2, 0.25) is 0 Å². The predicted molar refractivity (Wildman–Crippen MR) is 118 cm³/mol. The molecule has 4 rings (SSSR count). The zero-order chi connectivity index (χ0) is 22.5. The smallest absolute Gasteiger partial charge is 0.331 e. The average molecular weight is 433 g/mol. The summed E-state index contributed by atoms with van der Waals surface area (Å²) in [5.74, 6) is 1.69. The molecule has 162 valence electrons. The standard InChI is InChI=1S/C23H19N3O6/c1-30-19-6-2-3-7-20(19)32-16-10-8-15(9-11-16)24-13-18-21(27)25-23(29)26(22(18)28)14-17-5-4-12-31-17/h2-13,28H,14H2,1H3,(H,25,27,29). The van der Waals surface area contributed by atoms with Crippen molar-refractivity contribution < 1.29 is 19.0 Å².